The monoisotopic (exact) mass is 168 g/mol. The molecule has 0 heterocycles. The van der Waals surface area contributed by atoms with Gasteiger partial charge in [0.15, 0.2) is 0 Å². The molecule has 1 fully saturated rings. The predicted molar refractivity (Wildman–Crippen MR) is 55.2 cm³/mol. The summed E-state index contributed by atoms with van der Waals surface area (Å²) in [6.07, 6.45) is 8.80. The van der Waals surface area contributed by atoms with Crippen molar-refractivity contribution in [2.75, 3.05) is 0 Å². The van der Waals surface area contributed by atoms with E-state index in [0.29, 0.717) is 0 Å². The quantitative estimate of drug-likeness (QED) is 0.549. The third-order valence-electron chi connectivity index (χ3n) is 3.85. The number of rotatable bonds is 1. The zero-order valence-electron chi connectivity index (χ0n) is 8.97. The number of hydrogen-bond donors (Lipinski definition) is 0. The topological polar surface area (TPSA) is 0 Å². The summed E-state index contributed by atoms with van der Waals surface area (Å²) in [6.45, 7) is 7.21. The SMILES string of the molecule is CCC1CCCC(C)C(C)CC1. The molecule has 1 saturated carbocycles. The summed E-state index contributed by atoms with van der Waals surface area (Å²) in [5, 5.41) is 0. The molecule has 0 aromatic rings. The molecule has 0 aliphatic heterocycles. The van der Waals surface area contributed by atoms with E-state index >= 15 is 0 Å². The van der Waals surface area contributed by atoms with Crippen molar-refractivity contribution in [2.45, 2.75) is 59.3 Å². The van der Waals surface area contributed by atoms with Crippen LogP contribution < -0.4 is 0 Å². The van der Waals surface area contributed by atoms with Crippen LogP contribution >= 0.6 is 0 Å². The van der Waals surface area contributed by atoms with Gasteiger partial charge in [0, 0.05) is 0 Å². The van der Waals surface area contributed by atoms with Crippen LogP contribution in [0.3, 0.4) is 0 Å². The fraction of sp³-hybridized carbons (Fsp3) is 1.00. The first-order valence-electron chi connectivity index (χ1n) is 5.74. The molecule has 0 spiro atoms. The fourth-order valence-corrected chi connectivity index (χ4v) is 2.35. The highest BCUT2D eigenvalue weighted by Crippen LogP contribution is 2.30. The molecule has 0 nitrogen and oxygen atoms in total. The van der Waals surface area contributed by atoms with E-state index in [0.717, 1.165) is 17.8 Å². The largest absolute Gasteiger partial charge is 0.0651 e. The maximum Gasteiger partial charge on any atom is -0.0417 e. The minimum Gasteiger partial charge on any atom is -0.0651 e. The van der Waals surface area contributed by atoms with Crippen LogP contribution in [-0.4, -0.2) is 0 Å². The summed E-state index contributed by atoms with van der Waals surface area (Å²) in [6, 6.07) is 0. The van der Waals surface area contributed by atoms with Crippen molar-refractivity contribution in [3.63, 3.8) is 0 Å². The van der Waals surface area contributed by atoms with E-state index in [-0.39, 0.29) is 0 Å². The molecule has 1 aliphatic carbocycles. The summed E-state index contributed by atoms with van der Waals surface area (Å²) in [4.78, 5) is 0. The van der Waals surface area contributed by atoms with Crippen LogP contribution in [0.5, 0.6) is 0 Å². The Morgan fingerprint density at radius 2 is 1.58 bits per heavy atom. The van der Waals surface area contributed by atoms with Gasteiger partial charge >= 0.3 is 0 Å². The summed E-state index contributed by atoms with van der Waals surface area (Å²) in [5.74, 6) is 2.99. The van der Waals surface area contributed by atoms with Crippen LogP contribution in [0.15, 0.2) is 0 Å². The Kier molecular flexibility index (Phi) is 4.11. The van der Waals surface area contributed by atoms with Crippen molar-refractivity contribution in [1.82, 2.24) is 0 Å². The van der Waals surface area contributed by atoms with Gasteiger partial charge in [-0.25, -0.2) is 0 Å². The van der Waals surface area contributed by atoms with E-state index in [2.05, 4.69) is 20.8 Å². The van der Waals surface area contributed by atoms with Gasteiger partial charge in [0.05, 0.1) is 0 Å². The lowest BCUT2D eigenvalue weighted by Crippen LogP contribution is -2.14. The van der Waals surface area contributed by atoms with E-state index in [1.54, 1.807) is 0 Å². The Morgan fingerprint density at radius 1 is 0.917 bits per heavy atom. The van der Waals surface area contributed by atoms with E-state index in [4.69, 9.17) is 0 Å². The second-order valence-corrected chi connectivity index (χ2v) is 4.74. The van der Waals surface area contributed by atoms with Gasteiger partial charge in [-0.05, 0) is 17.8 Å². The maximum atomic E-state index is 2.43. The van der Waals surface area contributed by atoms with Gasteiger partial charge in [-0.3, -0.25) is 0 Å². The Balaban J connectivity index is 2.35. The van der Waals surface area contributed by atoms with Crippen molar-refractivity contribution < 1.29 is 0 Å². The van der Waals surface area contributed by atoms with Gasteiger partial charge in [-0.15, -0.1) is 0 Å². The zero-order valence-corrected chi connectivity index (χ0v) is 8.97. The van der Waals surface area contributed by atoms with E-state index in [9.17, 15) is 0 Å². The van der Waals surface area contributed by atoms with Crippen molar-refractivity contribution in [3.05, 3.63) is 0 Å². The minimum absolute atomic E-state index is 0.972. The molecule has 0 amide bonds. The molecule has 0 aromatic heterocycles. The normalized spacial score (nSPS) is 38.8. The van der Waals surface area contributed by atoms with Crippen LogP contribution in [0.1, 0.15) is 59.3 Å². The molecule has 0 radical (unpaired) electrons. The second kappa shape index (κ2) is 4.89. The lowest BCUT2D eigenvalue weighted by Gasteiger charge is -2.26. The van der Waals surface area contributed by atoms with Gasteiger partial charge < -0.3 is 0 Å². The van der Waals surface area contributed by atoms with Crippen LogP contribution in [0.2, 0.25) is 0 Å². The van der Waals surface area contributed by atoms with Gasteiger partial charge in [0.25, 0.3) is 0 Å². The predicted octanol–water partition coefficient (Wildman–Crippen LogP) is 4.25. The molecule has 12 heavy (non-hydrogen) atoms. The molecule has 0 heteroatoms. The molecule has 3 atom stereocenters. The smallest absolute Gasteiger partial charge is 0.0417 e. The van der Waals surface area contributed by atoms with Gasteiger partial charge in [-0.2, -0.15) is 0 Å². The summed E-state index contributed by atoms with van der Waals surface area (Å²) >= 11 is 0. The van der Waals surface area contributed by atoms with Gasteiger partial charge in [0.1, 0.15) is 0 Å². The molecule has 1 aliphatic rings. The van der Waals surface area contributed by atoms with Crippen molar-refractivity contribution in [2.24, 2.45) is 17.8 Å². The molecule has 0 aromatic carbocycles. The Bertz CT molecular complexity index is 115. The zero-order chi connectivity index (χ0) is 8.97. The minimum atomic E-state index is 0.972. The summed E-state index contributed by atoms with van der Waals surface area (Å²) < 4.78 is 0. The molecule has 3 unspecified atom stereocenters. The van der Waals surface area contributed by atoms with E-state index < -0.39 is 0 Å². The highest BCUT2D eigenvalue weighted by atomic mass is 14.2. The first-order valence-corrected chi connectivity index (χ1v) is 5.74. The Morgan fingerprint density at radius 3 is 2.25 bits per heavy atom. The van der Waals surface area contributed by atoms with Crippen molar-refractivity contribution >= 4 is 0 Å². The fourth-order valence-electron chi connectivity index (χ4n) is 2.35. The summed E-state index contributed by atoms with van der Waals surface area (Å²) in [5.41, 5.74) is 0. The van der Waals surface area contributed by atoms with Crippen molar-refractivity contribution in [1.29, 1.82) is 0 Å². The first-order chi connectivity index (χ1) is 5.74. The molecule has 0 N–H and O–H groups in total. The first kappa shape index (κ1) is 10.1. The van der Waals surface area contributed by atoms with Crippen LogP contribution in [0.4, 0.5) is 0 Å². The third-order valence-corrected chi connectivity index (χ3v) is 3.85. The van der Waals surface area contributed by atoms with Crippen molar-refractivity contribution in [3.8, 4) is 0 Å². The number of hydrogen-bond acceptors (Lipinski definition) is 0. The third kappa shape index (κ3) is 2.80. The standard InChI is InChI=1S/C12H24/c1-4-12-7-5-6-10(2)11(3)8-9-12/h10-12H,4-9H2,1-3H3. The van der Waals surface area contributed by atoms with Gasteiger partial charge in [-0.1, -0.05) is 59.3 Å². The average Bonchev–Trinajstić information content (AvgIpc) is 2.07. The molecule has 72 valence electrons. The molecule has 1 rings (SSSR count). The highest BCUT2D eigenvalue weighted by molar-refractivity contribution is 4.70. The van der Waals surface area contributed by atoms with E-state index in [1.165, 1.54) is 38.5 Å². The van der Waals surface area contributed by atoms with Crippen LogP contribution in [0, 0.1) is 17.8 Å². The Hall–Kier alpha value is 0. The van der Waals surface area contributed by atoms with Crippen LogP contribution in [0.25, 0.3) is 0 Å². The molecule has 0 bridgehead atoms. The molecule has 0 saturated heterocycles. The maximum absolute atomic E-state index is 2.43. The highest BCUT2D eigenvalue weighted by Gasteiger charge is 2.18. The Labute approximate surface area is 77.7 Å². The van der Waals surface area contributed by atoms with E-state index in [1.807, 2.05) is 0 Å². The summed E-state index contributed by atoms with van der Waals surface area (Å²) in [7, 11) is 0. The molecular formula is C12H24. The average molecular weight is 168 g/mol. The lowest BCUT2D eigenvalue weighted by atomic mass is 9.80. The van der Waals surface area contributed by atoms with Gasteiger partial charge in [0.2, 0.25) is 0 Å². The molecular weight excluding hydrogens is 144 g/mol. The van der Waals surface area contributed by atoms with Crippen LogP contribution in [-0.2, 0) is 0 Å². The second-order valence-electron chi connectivity index (χ2n) is 4.74. The lowest BCUT2D eigenvalue weighted by molar-refractivity contribution is 0.256.